The van der Waals surface area contributed by atoms with E-state index in [9.17, 15) is 13.2 Å². The maximum absolute atomic E-state index is 13.3. The smallest absolute Gasteiger partial charge is 0.412 e. The first-order valence-corrected chi connectivity index (χ1v) is 6.92. The van der Waals surface area contributed by atoms with Gasteiger partial charge in [0.25, 0.3) is 0 Å². The Bertz CT molecular complexity index is 599. The summed E-state index contributed by atoms with van der Waals surface area (Å²) in [5.41, 5.74) is 0.519. The van der Waals surface area contributed by atoms with Gasteiger partial charge in [-0.3, -0.25) is 0 Å². The van der Waals surface area contributed by atoms with Gasteiger partial charge in [0.15, 0.2) is 0 Å². The molecule has 0 aliphatic carbocycles. The Labute approximate surface area is 129 Å². The van der Waals surface area contributed by atoms with Crippen molar-refractivity contribution >= 4 is 21.6 Å². The highest BCUT2D eigenvalue weighted by Crippen LogP contribution is 2.36. The summed E-state index contributed by atoms with van der Waals surface area (Å²) in [4.78, 5) is 0. The highest BCUT2D eigenvalue weighted by atomic mass is 79.9. The third kappa shape index (κ3) is 4.14. The third-order valence-electron chi connectivity index (χ3n) is 2.91. The van der Waals surface area contributed by atoms with Gasteiger partial charge in [0.2, 0.25) is 0 Å². The molecular formula is C15H13BrF3NO. The second-order valence-corrected chi connectivity index (χ2v) is 5.32. The van der Waals surface area contributed by atoms with Crippen LogP contribution >= 0.6 is 15.9 Å². The zero-order valence-electron chi connectivity index (χ0n) is 11.1. The predicted molar refractivity (Wildman–Crippen MR) is 79.6 cm³/mol. The van der Waals surface area contributed by atoms with Crippen LogP contribution in [0.5, 0.6) is 5.75 Å². The van der Waals surface area contributed by atoms with Crippen LogP contribution in [0.15, 0.2) is 53.0 Å². The highest BCUT2D eigenvalue weighted by molar-refractivity contribution is 9.10. The predicted octanol–water partition coefficient (Wildman–Crippen LogP) is 5.17. The maximum Gasteiger partial charge on any atom is 0.412 e. The Morgan fingerprint density at radius 3 is 2.29 bits per heavy atom. The van der Waals surface area contributed by atoms with E-state index < -0.39 is 12.2 Å². The van der Waals surface area contributed by atoms with Crippen molar-refractivity contribution in [3.8, 4) is 5.75 Å². The first-order valence-electron chi connectivity index (χ1n) is 6.13. The van der Waals surface area contributed by atoms with Crippen molar-refractivity contribution < 1.29 is 17.9 Å². The molecule has 2 aromatic carbocycles. The number of anilines is 1. The Morgan fingerprint density at radius 2 is 1.76 bits per heavy atom. The lowest BCUT2D eigenvalue weighted by Crippen LogP contribution is -2.27. The molecular weight excluding hydrogens is 347 g/mol. The molecule has 112 valence electrons. The number of ether oxygens (including phenoxy) is 1. The van der Waals surface area contributed by atoms with Crippen LogP contribution < -0.4 is 10.1 Å². The minimum Gasteiger partial charge on any atom is -0.497 e. The van der Waals surface area contributed by atoms with E-state index in [0.29, 0.717) is 15.9 Å². The molecule has 6 heteroatoms. The van der Waals surface area contributed by atoms with Gasteiger partial charge in [-0.05, 0) is 35.9 Å². The molecule has 1 N–H and O–H groups in total. The van der Waals surface area contributed by atoms with E-state index in [0.717, 1.165) is 0 Å². The molecule has 2 rings (SSSR count). The average molecular weight is 360 g/mol. The monoisotopic (exact) mass is 359 g/mol. The van der Waals surface area contributed by atoms with Crippen LogP contribution in [-0.2, 0) is 0 Å². The zero-order chi connectivity index (χ0) is 15.5. The second-order valence-electron chi connectivity index (χ2n) is 4.40. The molecule has 0 spiro atoms. The molecule has 2 nitrogen and oxygen atoms in total. The molecule has 21 heavy (non-hydrogen) atoms. The SMILES string of the molecule is COc1ccc([C@H](Nc2cccc(Br)c2)C(F)(F)F)cc1. The van der Waals surface area contributed by atoms with E-state index in [1.54, 1.807) is 24.3 Å². The molecule has 0 radical (unpaired) electrons. The lowest BCUT2D eigenvalue weighted by atomic mass is 10.1. The Balaban J connectivity index is 2.30. The van der Waals surface area contributed by atoms with Crippen LogP contribution in [0.4, 0.5) is 18.9 Å². The van der Waals surface area contributed by atoms with Crippen molar-refractivity contribution in [2.45, 2.75) is 12.2 Å². The molecule has 0 heterocycles. The fraction of sp³-hybridized carbons (Fsp3) is 0.200. The summed E-state index contributed by atoms with van der Waals surface area (Å²) in [6, 6.07) is 10.7. The van der Waals surface area contributed by atoms with Gasteiger partial charge in [-0.25, -0.2) is 0 Å². The molecule has 0 amide bonds. The fourth-order valence-electron chi connectivity index (χ4n) is 1.90. The number of hydrogen-bond donors (Lipinski definition) is 1. The van der Waals surface area contributed by atoms with Crippen LogP contribution in [0.25, 0.3) is 0 Å². The third-order valence-corrected chi connectivity index (χ3v) is 3.41. The first-order chi connectivity index (χ1) is 9.90. The minimum absolute atomic E-state index is 0.128. The molecule has 0 bridgehead atoms. The van der Waals surface area contributed by atoms with E-state index in [4.69, 9.17) is 4.74 Å². The van der Waals surface area contributed by atoms with E-state index >= 15 is 0 Å². The molecule has 2 aromatic rings. The normalized spacial score (nSPS) is 12.8. The molecule has 0 fully saturated rings. The highest BCUT2D eigenvalue weighted by Gasteiger charge is 2.40. The number of halogens is 4. The van der Waals surface area contributed by atoms with Crippen molar-refractivity contribution in [2.75, 3.05) is 12.4 Å². The lowest BCUT2D eigenvalue weighted by Gasteiger charge is -2.23. The van der Waals surface area contributed by atoms with Gasteiger partial charge in [0.1, 0.15) is 11.8 Å². The van der Waals surface area contributed by atoms with Crippen LogP contribution in [-0.4, -0.2) is 13.3 Å². The summed E-state index contributed by atoms with van der Waals surface area (Å²) in [5.74, 6) is 0.516. The van der Waals surface area contributed by atoms with Crippen LogP contribution in [0.1, 0.15) is 11.6 Å². The van der Waals surface area contributed by atoms with E-state index in [-0.39, 0.29) is 5.56 Å². The Kier molecular flexibility index (Phi) is 4.77. The quantitative estimate of drug-likeness (QED) is 0.812. The van der Waals surface area contributed by atoms with Crippen molar-refractivity contribution in [3.05, 3.63) is 58.6 Å². The van der Waals surface area contributed by atoms with Crippen molar-refractivity contribution in [1.29, 1.82) is 0 Å². The Hall–Kier alpha value is -1.69. The van der Waals surface area contributed by atoms with Gasteiger partial charge in [0.05, 0.1) is 7.11 Å². The molecule has 0 saturated heterocycles. The van der Waals surface area contributed by atoms with Gasteiger partial charge in [-0.15, -0.1) is 0 Å². The van der Waals surface area contributed by atoms with E-state index in [1.807, 2.05) is 0 Å². The van der Waals surface area contributed by atoms with Gasteiger partial charge >= 0.3 is 6.18 Å². The summed E-state index contributed by atoms with van der Waals surface area (Å²) in [6.07, 6.45) is -4.41. The molecule has 1 atom stereocenters. The summed E-state index contributed by atoms with van der Waals surface area (Å²) in [6.45, 7) is 0. The summed E-state index contributed by atoms with van der Waals surface area (Å²) in [5, 5.41) is 2.52. The van der Waals surface area contributed by atoms with Gasteiger partial charge in [0, 0.05) is 10.2 Å². The Morgan fingerprint density at radius 1 is 1.10 bits per heavy atom. The minimum atomic E-state index is -4.41. The van der Waals surface area contributed by atoms with Crippen LogP contribution in [0.3, 0.4) is 0 Å². The molecule has 0 saturated carbocycles. The van der Waals surface area contributed by atoms with Crippen molar-refractivity contribution in [1.82, 2.24) is 0 Å². The van der Waals surface area contributed by atoms with Gasteiger partial charge in [-0.2, -0.15) is 13.2 Å². The van der Waals surface area contributed by atoms with Gasteiger partial charge in [-0.1, -0.05) is 34.1 Å². The lowest BCUT2D eigenvalue weighted by molar-refractivity contribution is -0.144. The largest absolute Gasteiger partial charge is 0.497 e. The summed E-state index contributed by atoms with van der Waals surface area (Å²) >= 11 is 3.24. The summed E-state index contributed by atoms with van der Waals surface area (Å²) in [7, 11) is 1.47. The number of benzene rings is 2. The standard InChI is InChI=1S/C15H13BrF3NO/c1-21-13-7-5-10(6-8-13)14(15(17,18)19)20-12-4-2-3-11(16)9-12/h2-9,14,20H,1H3/t14-/m0/s1. The number of methoxy groups -OCH3 is 1. The number of hydrogen-bond acceptors (Lipinski definition) is 2. The van der Waals surface area contributed by atoms with Crippen molar-refractivity contribution in [3.63, 3.8) is 0 Å². The molecule has 0 aromatic heterocycles. The summed E-state index contributed by atoms with van der Waals surface area (Å²) < 4.78 is 45.5. The molecule has 0 unspecified atom stereocenters. The molecule has 0 aliphatic heterocycles. The van der Waals surface area contributed by atoms with Crippen molar-refractivity contribution in [2.24, 2.45) is 0 Å². The first kappa shape index (κ1) is 15.7. The van der Waals surface area contributed by atoms with E-state index in [1.165, 1.54) is 31.4 Å². The average Bonchev–Trinajstić information content (AvgIpc) is 2.44. The fourth-order valence-corrected chi connectivity index (χ4v) is 2.29. The van der Waals surface area contributed by atoms with Crippen LogP contribution in [0, 0.1) is 0 Å². The number of rotatable bonds is 4. The topological polar surface area (TPSA) is 21.3 Å². The molecule has 0 aliphatic rings. The zero-order valence-corrected chi connectivity index (χ0v) is 12.7. The maximum atomic E-state index is 13.3. The van der Waals surface area contributed by atoms with Crippen LogP contribution in [0.2, 0.25) is 0 Å². The number of nitrogens with one attached hydrogen (secondary N) is 1. The van der Waals surface area contributed by atoms with E-state index in [2.05, 4.69) is 21.2 Å². The van der Waals surface area contributed by atoms with Gasteiger partial charge < -0.3 is 10.1 Å². The second kappa shape index (κ2) is 6.39. The number of alkyl halides is 3.